The maximum Gasteiger partial charge on any atom is 0.170 e. The Hall–Kier alpha value is -0.970. The highest BCUT2D eigenvalue weighted by Crippen LogP contribution is 2.27. The van der Waals surface area contributed by atoms with Crippen LogP contribution in [0.1, 0.15) is 12.5 Å². The molecular weight excluding hydrogens is 211 g/mol. The van der Waals surface area contributed by atoms with Crippen LogP contribution in [0.15, 0.2) is 24.3 Å². The minimum absolute atomic E-state index is 0.0427. The van der Waals surface area contributed by atoms with Crippen molar-refractivity contribution in [2.75, 3.05) is 13.2 Å². The van der Waals surface area contributed by atoms with Crippen molar-refractivity contribution in [3.05, 3.63) is 35.6 Å². The van der Waals surface area contributed by atoms with Crippen LogP contribution < -0.4 is 0 Å². The zero-order chi connectivity index (χ0) is 11.6. The van der Waals surface area contributed by atoms with Gasteiger partial charge in [-0.25, -0.2) is 4.39 Å². The number of halogens is 1. The van der Waals surface area contributed by atoms with Gasteiger partial charge in [-0.1, -0.05) is 12.1 Å². The lowest BCUT2D eigenvalue weighted by Gasteiger charge is -2.23. The molecule has 0 amide bonds. The van der Waals surface area contributed by atoms with Crippen molar-refractivity contribution >= 4 is 0 Å². The van der Waals surface area contributed by atoms with Crippen molar-refractivity contribution in [2.24, 2.45) is 0 Å². The van der Waals surface area contributed by atoms with Crippen molar-refractivity contribution in [1.29, 1.82) is 0 Å². The summed E-state index contributed by atoms with van der Waals surface area (Å²) in [5.41, 5.74) is 0.947. The van der Waals surface area contributed by atoms with E-state index in [0.29, 0.717) is 13.0 Å². The second kappa shape index (κ2) is 4.49. The minimum Gasteiger partial charge on any atom is -0.394 e. The van der Waals surface area contributed by atoms with Gasteiger partial charge in [-0.15, -0.1) is 0 Å². The van der Waals surface area contributed by atoms with Crippen molar-refractivity contribution in [1.82, 2.24) is 0 Å². The summed E-state index contributed by atoms with van der Waals surface area (Å²) in [7, 11) is 0. The lowest BCUT2D eigenvalue weighted by molar-refractivity contribution is -0.156. The first-order valence-corrected chi connectivity index (χ1v) is 5.28. The Morgan fingerprint density at radius 2 is 2.12 bits per heavy atom. The predicted octanol–water partition coefficient (Wildman–Crippen LogP) is 1.49. The molecule has 2 unspecified atom stereocenters. The van der Waals surface area contributed by atoms with E-state index in [2.05, 4.69) is 0 Å². The predicted molar refractivity (Wildman–Crippen MR) is 56.4 cm³/mol. The Balaban J connectivity index is 2.01. The molecule has 1 N–H and O–H groups in total. The summed E-state index contributed by atoms with van der Waals surface area (Å²) in [5, 5.41) is 8.95. The average molecular weight is 226 g/mol. The van der Waals surface area contributed by atoms with E-state index in [1.54, 1.807) is 12.1 Å². The van der Waals surface area contributed by atoms with E-state index in [1.165, 1.54) is 12.1 Å². The van der Waals surface area contributed by atoms with E-state index in [0.717, 1.165) is 5.56 Å². The molecule has 0 spiro atoms. The number of rotatable bonds is 3. The van der Waals surface area contributed by atoms with Crippen molar-refractivity contribution < 1.29 is 19.0 Å². The van der Waals surface area contributed by atoms with Gasteiger partial charge in [0.05, 0.1) is 13.2 Å². The summed E-state index contributed by atoms with van der Waals surface area (Å²) < 4.78 is 23.8. The van der Waals surface area contributed by atoms with Gasteiger partial charge in [0.2, 0.25) is 0 Å². The molecule has 1 fully saturated rings. The Morgan fingerprint density at radius 1 is 1.44 bits per heavy atom. The molecule has 0 bridgehead atoms. The average Bonchev–Trinajstić information content (AvgIpc) is 2.64. The van der Waals surface area contributed by atoms with Gasteiger partial charge >= 0.3 is 0 Å². The van der Waals surface area contributed by atoms with Gasteiger partial charge in [0.25, 0.3) is 0 Å². The number of benzene rings is 1. The van der Waals surface area contributed by atoms with E-state index < -0.39 is 5.79 Å². The van der Waals surface area contributed by atoms with Crippen LogP contribution in [0.2, 0.25) is 0 Å². The first-order chi connectivity index (χ1) is 7.61. The molecule has 1 saturated heterocycles. The number of aliphatic hydroxyl groups is 1. The maximum absolute atomic E-state index is 12.7. The largest absolute Gasteiger partial charge is 0.394 e. The van der Waals surface area contributed by atoms with Gasteiger partial charge in [-0.05, 0) is 24.6 Å². The van der Waals surface area contributed by atoms with Crippen LogP contribution in [0.5, 0.6) is 0 Å². The Labute approximate surface area is 93.8 Å². The lowest BCUT2D eigenvalue weighted by Crippen LogP contribution is -2.30. The van der Waals surface area contributed by atoms with E-state index in [1.807, 2.05) is 6.92 Å². The Kier molecular flexibility index (Phi) is 3.23. The summed E-state index contributed by atoms with van der Waals surface area (Å²) in [6.07, 6.45) is 0.287. The number of hydrogen-bond acceptors (Lipinski definition) is 3. The van der Waals surface area contributed by atoms with E-state index >= 15 is 0 Å². The molecule has 1 heterocycles. The van der Waals surface area contributed by atoms with Gasteiger partial charge < -0.3 is 14.6 Å². The second-order valence-corrected chi connectivity index (χ2v) is 4.17. The zero-order valence-corrected chi connectivity index (χ0v) is 9.15. The standard InChI is InChI=1S/C12H15FO3/c1-12(15-8-11(7-14)16-12)6-9-2-4-10(13)5-3-9/h2-5,11,14H,6-8H2,1H3. The fourth-order valence-electron chi connectivity index (χ4n) is 1.85. The highest BCUT2D eigenvalue weighted by atomic mass is 19.1. The topological polar surface area (TPSA) is 38.7 Å². The third-order valence-corrected chi connectivity index (χ3v) is 2.63. The first-order valence-electron chi connectivity index (χ1n) is 5.28. The van der Waals surface area contributed by atoms with Gasteiger partial charge in [-0.3, -0.25) is 0 Å². The molecule has 4 heteroatoms. The van der Waals surface area contributed by atoms with Gasteiger partial charge in [0.1, 0.15) is 11.9 Å². The lowest BCUT2D eigenvalue weighted by atomic mass is 10.1. The fraction of sp³-hybridized carbons (Fsp3) is 0.500. The zero-order valence-electron chi connectivity index (χ0n) is 9.15. The molecule has 1 aliphatic heterocycles. The van der Waals surface area contributed by atoms with E-state index in [-0.39, 0.29) is 18.5 Å². The monoisotopic (exact) mass is 226 g/mol. The van der Waals surface area contributed by atoms with Crippen LogP contribution in [0.3, 0.4) is 0 Å². The molecular formula is C12H15FO3. The molecule has 2 atom stereocenters. The van der Waals surface area contributed by atoms with Gasteiger partial charge in [0.15, 0.2) is 5.79 Å². The quantitative estimate of drug-likeness (QED) is 0.848. The first kappa shape index (κ1) is 11.5. The summed E-state index contributed by atoms with van der Waals surface area (Å²) in [5.74, 6) is -0.971. The van der Waals surface area contributed by atoms with Gasteiger partial charge in [-0.2, -0.15) is 0 Å². The summed E-state index contributed by atoms with van der Waals surface area (Å²) >= 11 is 0. The molecule has 0 radical (unpaired) electrons. The molecule has 3 nitrogen and oxygen atoms in total. The second-order valence-electron chi connectivity index (χ2n) is 4.17. The third-order valence-electron chi connectivity index (χ3n) is 2.63. The van der Waals surface area contributed by atoms with E-state index in [4.69, 9.17) is 14.6 Å². The Morgan fingerprint density at radius 3 is 2.69 bits per heavy atom. The van der Waals surface area contributed by atoms with Crippen molar-refractivity contribution in [2.45, 2.75) is 25.2 Å². The molecule has 16 heavy (non-hydrogen) atoms. The highest BCUT2D eigenvalue weighted by molar-refractivity contribution is 5.17. The van der Waals surface area contributed by atoms with Crippen molar-refractivity contribution in [3.63, 3.8) is 0 Å². The smallest absolute Gasteiger partial charge is 0.170 e. The molecule has 0 aromatic heterocycles. The molecule has 0 saturated carbocycles. The molecule has 1 aromatic rings. The van der Waals surface area contributed by atoms with Crippen LogP contribution in [0.4, 0.5) is 4.39 Å². The summed E-state index contributed by atoms with van der Waals surface area (Å²) in [4.78, 5) is 0. The number of ether oxygens (including phenoxy) is 2. The van der Waals surface area contributed by atoms with Gasteiger partial charge in [0, 0.05) is 6.42 Å². The highest BCUT2D eigenvalue weighted by Gasteiger charge is 2.36. The molecule has 1 aliphatic rings. The number of hydrogen-bond donors (Lipinski definition) is 1. The maximum atomic E-state index is 12.7. The molecule has 1 aromatic carbocycles. The summed E-state index contributed by atoms with van der Waals surface area (Å²) in [6, 6.07) is 6.24. The van der Waals surface area contributed by atoms with Crippen LogP contribution in [0.25, 0.3) is 0 Å². The summed E-state index contributed by atoms with van der Waals surface area (Å²) in [6.45, 7) is 2.18. The normalized spacial score (nSPS) is 29.6. The SMILES string of the molecule is CC1(Cc2ccc(F)cc2)OCC(CO)O1. The van der Waals surface area contributed by atoms with Crippen molar-refractivity contribution in [3.8, 4) is 0 Å². The fourth-order valence-corrected chi connectivity index (χ4v) is 1.85. The third kappa shape index (κ3) is 2.58. The molecule has 88 valence electrons. The minimum atomic E-state index is -0.717. The molecule has 2 rings (SSSR count). The molecule has 0 aliphatic carbocycles. The van der Waals surface area contributed by atoms with Crippen LogP contribution in [-0.4, -0.2) is 30.2 Å². The van der Waals surface area contributed by atoms with Crippen LogP contribution >= 0.6 is 0 Å². The van der Waals surface area contributed by atoms with Crippen LogP contribution in [-0.2, 0) is 15.9 Å². The number of aliphatic hydroxyl groups excluding tert-OH is 1. The van der Waals surface area contributed by atoms with Crippen LogP contribution in [0, 0.1) is 5.82 Å². The van der Waals surface area contributed by atoms with E-state index in [9.17, 15) is 4.39 Å². The Bertz CT molecular complexity index is 352.